The summed E-state index contributed by atoms with van der Waals surface area (Å²) >= 11 is 6.59. The molecule has 6 rings (SSSR count). The highest BCUT2D eigenvalue weighted by atomic mass is 35.5. The minimum atomic E-state index is -3.59. The molecule has 1 aromatic heterocycles. The van der Waals surface area contributed by atoms with E-state index >= 15 is 0 Å². The molecule has 3 aromatic rings. The fraction of sp³-hybridized carbons (Fsp3) is 0.484. The van der Waals surface area contributed by atoms with Crippen molar-refractivity contribution >= 4 is 31.5 Å². The number of fused-ring (bicyclic) bond motifs is 1. The maximum absolute atomic E-state index is 13.2. The molecule has 238 valence electrons. The molecule has 3 aliphatic rings. The second-order valence-electron chi connectivity index (χ2n) is 12.0. The predicted molar refractivity (Wildman–Crippen MR) is 173 cm³/mol. The van der Waals surface area contributed by atoms with Gasteiger partial charge in [0.2, 0.25) is 10.0 Å². The van der Waals surface area contributed by atoms with Gasteiger partial charge in [-0.05, 0) is 82.6 Å². The van der Waals surface area contributed by atoms with Crippen molar-refractivity contribution in [1.82, 2.24) is 14.3 Å². The Kier molecular flexibility index (Phi) is 9.42. The number of nitrogens with two attached hydrogens (primary N) is 2. The zero-order valence-electron chi connectivity index (χ0n) is 25.5. The van der Waals surface area contributed by atoms with Gasteiger partial charge in [-0.1, -0.05) is 29.8 Å². The molecule has 0 amide bonds. The Labute approximate surface area is 265 Å². The van der Waals surface area contributed by atoms with Crippen molar-refractivity contribution in [2.75, 3.05) is 13.1 Å². The van der Waals surface area contributed by atoms with Crippen LogP contribution in [0.25, 0.3) is 22.6 Å². The van der Waals surface area contributed by atoms with Crippen LogP contribution in [0.15, 0.2) is 41.4 Å². The number of benzene rings is 2. The number of piperidine rings is 1. The molecule has 0 spiro atoms. The largest absolute Gasteiger partial charge is 0.489 e. The molecule has 10 nitrogen and oxygen atoms in total. The van der Waals surface area contributed by atoms with Crippen LogP contribution in [0.2, 0.25) is 5.02 Å². The van der Waals surface area contributed by atoms with Crippen molar-refractivity contribution in [3.8, 4) is 28.4 Å². The molecule has 1 unspecified atom stereocenters. The monoisotopic (exact) mass is 661 g/mol. The highest BCUT2D eigenvalue weighted by molar-refractivity contribution is 7.92. The van der Waals surface area contributed by atoms with E-state index in [9.17, 15) is 16.8 Å². The summed E-state index contributed by atoms with van der Waals surface area (Å²) in [6.07, 6.45) is 5.33. The molecule has 0 bridgehead atoms. The van der Waals surface area contributed by atoms with Crippen molar-refractivity contribution in [2.24, 2.45) is 11.7 Å². The van der Waals surface area contributed by atoms with E-state index in [0.29, 0.717) is 30.2 Å². The van der Waals surface area contributed by atoms with Gasteiger partial charge in [0, 0.05) is 30.6 Å². The Hall–Kier alpha value is -2.61. The Morgan fingerprint density at radius 1 is 1.02 bits per heavy atom. The van der Waals surface area contributed by atoms with Gasteiger partial charge in [0.25, 0.3) is 0 Å². The van der Waals surface area contributed by atoms with Crippen LogP contribution in [-0.4, -0.2) is 60.8 Å². The topological polar surface area (TPSA) is 159 Å². The summed E-state index contributed by atoms with van der Waals surface area (Å²) in [6.45, 7) is 8.50. The lowest BCUT2D eigenvalue weighted by Crippen LogP contribution is -2.40. The molecule has 4 N–H and O–H groups in total. The van der Waals surface area contributed by atoms with Crippen LogP contribution in [0.5, 0.6) is 5.75 Å². The smallest absolute Gasteiger partial charge is 0.216 e. The molecule has 3 heterocycles. The molecule has 2 fully saturated rings. The summed E-state index contributed by atoms with van der Waals surface area (Å²) in [5.41, 5.74) is 4.99. The zero-order chi connectivity index (χ0) is 32.0. The van der Waals surface area contributed by atoms with Crippen LogP contribution in [-0.2, 0) is 26.3 Å². The third kappa shape index (κ3) is 6.00. The number of sulfonamides is 1. The zero-order valence-corrected chi connectivity index (χ0v) is 27.8. The molecule has 13 heteroatoms. The molecule has 2 aromatic carbocycles. The van der Waals surface area contributed by atoms with E-state index in [-0.39, 0.29) is 27.2 Å². The number of hydrazine groups is 1. The molecular weight excluding hydrogens is 622 g/mol. The predicted octanol–water partition coefficient (Wildman–Crippen LogP) is 4.77. The van der Waals surface area contributed by atoms with Crippen LogP contribution >= 0.6 is 11.6 Å². The van der Waals surface area contributed by atoms with E-state index in [2.05, 4.69) is 23.6 Å². The maximum Gasteiger partial charge on any atom is 0.216 e. The standard InChI is InChI=1S/C31H36ClN3O5S2.H4N2/c1-18(2)41(36,37)27-8-6-5-7-23(27)29-26(32)17-33-31(34-29)25-15-19(3)28(24-16-20(4)40-30(24)25)21-11-13-35(14-12-21)42(38,39)22-9-10-22;1-2/h5-8,15,17-18,20-22H,9-14,16H2,1-4H3;1-2H2. The van der Waals surface area contributed by atoms with Gasteiger partial charge in [-0.3, -0.25) is 11.7 Å². The lowest BCUT2D eigenvalue weighted by atomic mass is 9.82. The van der Waals surface area contributed by atoms with Gasteiger partial charge in [-0.2, -0.15) is 0 Å². The summed E-state index contributed by atoms with van der Waals surface area (Å²) < 4.78 is 60.0. The fourth-order valence-electron chi connectivity index (χ4n) is 6.31. The molecule has 44 heavy (non-hydrogen) atoms. The van der Waals surface area contributed by atoms with Crippen molar-refractivity contribution in [3.63, 3.8) is 0 Å². The second-order valence-corrected chi connectivity index (χ2v) is 17.1. The summed E-state index contributed by atoms with van der Waals surface area (Å²) in [5.74, 6) is 9.39. The summed E-state index contributed by atoms with van der Waals surface area (Å²) in [7, 11) is -6.76. The first-order valence-electron chi connectivity index (χ1n) is 14.9. The molecule has 1 aliphatic carbocycles. The van der Waals surface area contributed by atoms with Gasteiger partial charge in [0.15, 0.2) is 15.7 Å². The molecule has 1 saturated carbocycles. The number of hydrogen-bond donors (Lipinski definition) is 2. The summed E-state index contributed by atoms with van der Waals surface area (Å²) in [5, 5.41) is -0.527. The SMILES string of the molecule is Cc1cc(-c2ncc(Cl)c(-c3ccccc3S(=O)(=O)C(C)C)n2)c2c(c1C1CCN(S(=O)(=O)C3CC3)CC1)CC(C)O2.NN. The first-order chi connectivity index (χ1) is 20.9. The number of nitrogens with zero attached hydrogens (tertiary/aromatic N) is 3. The van der Waals surface area contributed by atoms with Crippen molar-refractivity contribution < 1.29 is 21.6 Å². The van der Waals surface area contributed by atoms with Crippen molar-refractivity contribution in [2.45, 2.75) is 87.2 Å². The molecule has 0 radical (unpaired) electrons. The van der Waals surface area contributed by atoms with Crippen LogP contribution in [0.1, 0.15) is 69.1 Å². The van der Waals surface area contributed by atoms with Crippen molar-refractivity contribution in [3.05, 3.63) is 58.2 Å². The van der Waals surface area contributed by atoms with E-state index in [1.54, 1.807) is 42.4 Å². The van der Waals surface area contributed by atoms with Gasteiger partial charge in [-0.25, -0.2) is 31.1 Å². The number of rotatable bonds is 7. The van der Waals surface area contributed by atoms with Gasteiger partial charge in [-0.15, -0.1) is 0 Å². The maximum atomic E-state index is 13.2. The highest BCUT2D eigenvalue weighted by Gasteiger charge is 2.42. The summed E-state index contributed by atoms with van der Waals surface area (Å²) in [6, 6.07) is 8.83. The number of halogens is 1. The average Bonchev–Trinajstić information content (AvgIpc) is 3.80. The number of hydrogen-bond acceptors (Lipinski definition) is 9. The van der Waals surface area contributed by atoms with E-state index in [4.69, 9.17) is 21.3 Å². The Bertz CT molecular complexity index is 1770. The van der Waals surface area contributed by atoms with Gasteiger partial charge in [0.1, 0.15) is 11.9 Å². The van der Waals surface area contributed by atoms with Crippen LogP contribution < -0.4 is 16.4 Å². The summed E-state index contributed by atoms with van der Waals surface area (Å²) in [4.78, 5) is 9.58. The van der Waals surface area contributed by atoms with Crippen LogP contribution in [0.3, 0.4) is 0 Å². The van der Waals surface area contributed by atoms with Crippen LogP contribution in [0.4, 0.5) is 0 Å². The molecule has 1 saturated heterocycles. The average molecular weight is 662 g/mol. The minimum absolute atomic E-state index is 0.0293. The van der Waals surface area contributed by atoms with E-state index in [0.717, 1.165) is 54.5 Å². The number of sulfone groups is 1. The first kappa shape index (κ1) is 32.8. The Morgan fingerprint density at radius 3 is 2.32 bits per heavy atom. The number of aromatic nitrogens is 2. The Morgan fingerprint density at radius 2 is 1.68 bits per heavy atom. The van der Waals surface area contributed by atoms with Crippen molar-refractivity contribution in [1.29, 1.82) is 0 Å². The molecule has 1 atom stereocenters. The number of ether oxygens (including phenoxy) is 1. The minimum Gasteiger partial charge on any atom is -0.489 e. The third-order valence-electron chi connectivity index (χ3n) is 8.66. The van der Waals surface area contributed by atoms with Crippen LogP contribution in [0, 0.1) is 6.92 Å². The van der Waals surface area contributed by atoms with Gasteiger partial charge in [0.05, 0.1) is 37.9 Å². The normalized spacial score (nSPS) is 19.3. The van der Waals surface area contributed by atoms with Gasteiger partial charge < -0.3 is 4.74 Å². The number of aryl methyl sites for hydroxylation is 1. The second kappa shape index (κ2) is 12.6. The third-order valence-corrected chi connectivity index (χ3v) is 13.5. The van der Waals surface area contributed by atoms with E-state index < -0.39 is 25.1 Å². The lowest BCUT2D eigenvalue weighted by Gasteiger charge is -2.33. The lowest BCUT2D eigenvalue weighted by molar-refractivity contribution is 0.255. The fourth-order valence-corrected chi connectivity index (χ4v) is 9.62. The van der Waals surface area contributed by atoms with Gasteiger partial charge >= 0.3 is 0 Å². The van der Waals surface area contributed by atoms with E-state index in [1.165, 1.54) is 11.8 Å². The first-order valence-corrected chi connectivity index (χ1v) is 18.3. The van der Waals surface area contributed by atoms with E-state index in [1.807, 2.05) is 13.0 Å². The molecule has 2 aliphatic heterocycles. The Balaban J connectivity index is 0.00000188. The highest BCUT2D eigenvalue weighted by Crippen LogP contribution is 2.47. The quantitative estimate of drug-likeness (QED) is 0.269. The molecular formula is C31H40ClN5O5S2.